The standard InChI is InChI=1S/C21H21ClF2N6/c22-16-6-3-14(11-17(16)24)20(26)29-7-9-30(10-8-29)21-18(19(25)27-12-28-21)13-1-4-15(23)5-2-13/h1-6,11-12,20H,7-10,26H2,(H2,25,27,28). The second-order valence-electron chi connectivity index (χ2n) is 7.11. The van der Waals surface area contributed by atoms with Crippen LogP contribution in [-0.2, 0) is 0 Å². The third kappa shape index (κ3) is 4.07. The summed E-state index contributed by atoms with van der Waals surface area (Å²) < 4.78 is 27.1. The van der Waals surface area contributed by atoms with E-state index in [1.54, 1.807) is 18.2 Å². The van der Waals surface area contributed by atoms with Crippen molar-refractivity contribution in [2.24, 2.45) is 5.73 Å². The van der Waals surface area contributed by atoms with Crippen molar-refractivity contribution in [3.05, 3.63) is 71.0 Å². The van der Waals surface area contributed by atoms with Gasteiger partial charge in [0.2, 0.25) is 0 Å². The molecule has 0 bridgehead atoms. The van der Waals surface area contributed by atoms with Gasteiger partial charge < -0.3 is 16.4 Å². The molecule has 1 fully saturated rings. The van der Waals surface area contributed by atoms with Crippen molar-refractivity contribution >= 4 is 23.2 Å². The number of aromatic nitrogens is 2. The van der Waals surface area contributed by atoms with Gasteiger partial charge in [-0.2, -0.15) is 0 Å². The smallest absolute Gasteiger partial charge is 0.142 e. The molecule has 156 valence electrons. The van der Waals surface area contributed by atoms with Gasteiger partial charge in [0.1, 0.15) is 29.6 Å². The Morgan fingerprint density at radius 1 is 0.967 bits per heavy atom. The number of nitrogen functional groups attached to an aromatic ring is 1. The molecule has 9 heteroatoms. The number of anilines is 2. The fraction of sp³-hybridized carbons (Fsp3) is 0.238. The van der Waals surface area contributed by atoms with Gasteiger partial charge in [-0.1, -0.05) is 29.8 Å². The number of benzene rings is 2. The van der Waals surface area contributed by atoms with Crippen LogP contribution in [0.25, 0.3) is 11.1 Å². The first-order chi connectivity index (χ1) is 14.4. The van der Waals surface area contributed by atoms with Crippen molar-refractivity contribution < 1.29 is 8.78 Å². The van der Waals surface area contributed by atoms with Crippen molar-refractivity contribution in [2.75, 3.05) is 36.8 Å². The number of hydrogen-bond acceptors (Lipinski definition) is 6. The first-order valence-electron chi connectivity index (χ1n) is 9.50. The largest absolute Gasteiger partial charge is 0.383 e. The molecule has 4 rings (SSSR count). The molecule has 2 heterocycles. The molecule has 30 heavy (non-hydrogen) atoms. The van der Waals surface area contributed by atoms with Crippen LogP contribution in [0.3, 0.4) is 0 Å². The molecule has 1 aliphatic rings. The molecule has 1 aromatic heterocycles. The zero-order valence-electron chi connectivity index (χ0n) is 16.1. The Kier molecular flexibility index (Phi) is 5.80. The van der Waals surface area contributed by atoms with Crippen molar-refractivity contribution in [1.29, 1.82) is 0 Å². The Labute approximate surface area is 178 Å². The van der Waals surface area contributed by atoms with Gasteiger partial charge >= 0.3 is 0 Å². The van der Waals surface area contributed by atoms with Crippen LogP contribution in [0.4, 0.5) is 20.4 Å². The van der Waals surface area contributed by atoms with Gasteiger partial charge in [0, 0.05) is 26.2 Å². The minimum atomic E-state index is -0.483. The van der Waals surface area contributed by atoms with Gasteiger partial charge in [-0.3, -0.25) is 4.90 Å². The molecule has 0 spiro atoms. The summed E-state index contributed by atoms with van der Waals surface area (Å²) in [5, 5.41) is 0.0745. The Hall–Kier alpha value is -2.81. The quantitative estimate of drug-likeness (QED) is 0.659. The second-order valence-corrected chi connectivity index (χ2v) is 7.51. The van der Waals surface area contributed by atoms with Crippen LogP contribution < -0.4 is 16.4 Å². The van der Waals surface area contributed by atoms with E-state index in [0.29, 0.717) is 48.9 Å². The van der Waals surface area contributed by atoms with Crippen LogP contribution in [0, 0.1) is 11.6 Å². The highest BCUT2D eigenvalue weighted by molar-refractivity contribution is 6.30. The molecule has 0 amide bonds. The molecule has 2 aromatic carbocycles. The monoisotopic (exact) mass is 430 g/mol. The van der Waals surface area contributed by atoms with Crippen molar-refractivity contribution in [3.8, 4) is 11.1 Å². The highest BCUT2D eigenvalue weighted by Crippen LogP contribution is 2.34. The van der Waals surface area contributed by atoms with E-state index >= 15 is 0 Å². The van der Waals surface area contributed by atoms with Gasteiger partial charge in [0.15, 0.2) is 0 Å². The molecule has 3 aromatic rings. The van der Waals surface area contributed by atoms with E-state index in [9.17, 15) is 8.78 Å². The fourth-order valence-electron chi connectivity index (χ4n) is 3.64. The lowest BCUT2D eigenvalue weighted by atomic mass is 10.1. The molecule has 1 saturated heterocycles. The molecule has 0 radical (unpaired) electrons. The van der Waals surface area contributed by atoms with E-state index in [1.807, 2.05) is 0 Å². The molecule has 0 saturated carbocycles. The maximum atomic E-state index is 13.8. The number of piperazine rings is 1. The summed E-state index contributed by atoms with van der Waals surface area (Å²) in [6.45, 7) is 2.60. The van der Waals surface area contributed by atoms with E-state index in [0.717, 1.165) is 5.56 Å². The third-order valence-electron chi connectivity index (χ3n) is 5.28. The summed E-state index contributed by atoms with van der Waals surface area (Å²) in [5.41, 5.74) is 14.6. The summed E-state index contributed by atoms with van der Waals surface area (Å²) in [6, 6.07) is 10.7. The van der Waals surface area contributed by atoms with Crippen LogP contribution in [-0.4, -0.2) is 41.0 Å². The number of hydrogen-bond donors (Lipinski definition) is 2. The number of halogens is 3. The van der Waals surface area contributed by atoms with Gasteiger partial charge in [-0.15, -0.1) is 0 Å². The fourth-order valence-corrected chi connectivity index (χ4v) is 3.76. The molecule has 6 nitrogen and oxygen atoms in total. The molecule has 1 aliphatic heterocycles. The van der Waals surface area contributed by atoms with Crippen molar-refractivity contribution in [2.45, 2.75) is 6.17 Å². The zero-order valence-corrected chi connectivity index (χ0v) is 16.9. The lowest BCUT2D eigenvalue weighted by Crippen LogP contribution is -2.50. The minimum absolute atomic E-state index is 0.0745. The minimum Gasteiger partial charge on any atom is -0.383 e. The molecule has 4 N–H and O–H groups in total. The molecule has 1 unspecified atom stereocenters. The van der Waals surface area contributed by atoms with E-state index < -0.39 is 12.0 Å². The van der Waals surface area contributed by atoms with Crippen LogP contribution in [0.15, 0.2) is 48.8 Å². The first kappa shape index (κ1) is 20.5. The van der Waals surface area contributed by atoms with E-state index in [1.165, 1.54) is 30.6 Å². The number of nitrogens with zero attached hydrogens (tertiary/aromatic N) is 4. The average molecular weight is 431 g/mol. The summed E-state index contributed by atoms with van der Waals surface area (Å²) in [7, 11) is 0. The van der Waals surface area contributed by atoms with Crippen molar-refractivity contribution in [1.82, 2.24) is 14.9 Å². The van der Waals surface area contributed by atoms with Crippen LogP contribution in [0.5, 0.6) is 0 Å². The molecule has 1 atom stereocenters. The van der Waals surface area contributed by atoms with E-state index in [4.69, 9.17) is 23.1 Å². The van der Waals surface area contributed by atoms with Gasteiger partial charge in [-0.25, -0.2) is 18.7 Å². The van der Waals surface area contributed by atoms with Crippen LogP contribution >= 0.6 is 11.6 Å². The van der Waals surface area contributed by atoms with Gasteiger partial charge in [0.05, 0.1) is 16.8 Å². The Balaban J connectivity index is 1.52. The maximum Gasteiger partial charge on any atom is 0.142 e. The normalized spacial score (nSPS) is 15.9. The summed E-state index contributed by atoms with van der Waals surface area (Å²) >= 11 is 5.77. The maximum absolute atomic E-state index is 13.8. The first-order valence-corrected chi connectivity index (χ1v) is 9.88. The summed E-state index contributed by atoms with van der Waals surface area (Å²) in [6.07, 6.45) is 0.984. The second kappa shape index (κ2) is 8.51. The summed E-state index contributed by atoms with van der Waals surface area (Å²) in [5.74, 6) is 0.225. The number of nitrogens with two attached hydrogens (primary N) is 2. The van der Waals surface area contributed by atoms with E-state index in [2.05, 4.69) is 19.8 Å². The third-order valence-corrected chi connectivity index (χ3v) is 5.59. The Morgan fingerprint density at radius 2 is 1.67 bits per heavy atom. The zero-order chi connectivity index (χ0) is 21.3. The van der Waals surface area contributed by atoms with Crippen LogP contribution in [0.1, 0.15) is 11.7 Å². The van der Waals surface area contributed by atoms with Crippen LogP contribution in [0.2, 0.25) is 5.02 Å². The predicted octanol–water partition coefficient (Wildman–Crippen LogP) is 3.44. The molecular weight excluding hydrogens is 410 g/mol. The Bertz CT molecular complexity index is 1040. The van der Waals surface area contributed by atoms with Gasteiger partial charge in [-0.05, 0) is 35.4 Å². The van der Waals surface area contributed by atoms with Gasteiger partial charge in [0.25, 0.3) is 0 Å². The SMILES string of the molecule is Nc1ncnc(N2CCN(C(N)c3ccc(Cl)c(F)c3)CC2)c1-c1ccc(F)cc1. The lowest BCUT2D eigenvalue weighted by molar-refractivity contribution is 0.189. The highest BCUT2D eigenvalue weighted by atomic mass is 35.5. The number of rotatable bonds is 4. The molecular formula is C21H21ClF2N6. The highest BCUT2D eigenvalue weighted by Gasteiger charge is 2.26. The average Bonchev–Trinajstić information content (AvgIpc) is 2.76. The lowest BCUT2D eigenvalue weighted by Gasteiger charge is -2.39. The topological polar surface area (TPSA) is 84.3 Å². The van der Waals surface area contributed by atoms with Crippen molar-refractivity contribution in [3.63, 3.8) is 0 Å². The molecule has 0 aliphatic carbocycles. The Morgan fingerprint density at radius 3 is 2.33 bits per heavy atom. The van der Waals surface area contributed by atoms with E-state index in [-0.39, 0.29) is 10.8 Å². The predicted molar refractivity (Wildman–Crippen MR) is 114 cm³/mol. The summed E-state index contributed by atoms with van der Waals surface area (Å²) in [4.78, 5) is 12.7.